The van der Waals surface area contributed by atoms with Crippen LogP contribution in [0.15, 0.2) is 165 Å². The van der Waals surface area contributed by atoms with Gasteiger partial charge in [-0.15, -0.1) is 0 Å². The fourth-order valence-corrected chi connectivity index (χ4v) is 7.98. The lowest BCUT2D eigenvalue weighted by Gasteiger charge is -2.33. The molecule has 1 amide bonds. The van der Waals surface area contributed by atoms with Gasteiger partial charge in [0.2, 0.25) is 0 Å². The summed E-state index contributed by atoms with van der Waals surface area (Å²) in [6.45, 7) is 3.93. The number of nitrogen functional groups attached to an aromatic ring is 1. The number of carbonyl (C=O) groups excluding carboxylic acids is 1. The number of hydrogen-bond acceptors (Lipinski definition) is 11. The number of imidazole rings is 1. The second kappa shape index (κ2) is 18.8. The molecule has 6 aromatic carbocycles. The number of nitrogens with zero attached hydrogens (tertiary/aromatic N) is 8. The highest BCUT2D eigenvalue weighted by Crippen LogP contribution is 2.35. The van der Waals surface area contributed by atoms with Crippen molar-refractivity contribution in [3.63, 3.8) is 0 Å². The number of aromatic carboxylic acids is 1. The van der Waals surface area contributed by atoms with Crippen LogP contribution < -0.4 is 16.0 Å². The molecule has 65 heavy (non-hydrogen) atoms. The van der Waals surface area contributed by atoms with E-state index in [4.69, 9.17) is 5.73 Å². The maximum Gasteiger partial charge on any atom is 0.337 e. The molecule has 1 aliphatic heterocycles. The lowest BCUT2D eigenvalue weighted by Crippen LogP contribution is -2.44. The first kappa shape index (κ1) is 41.7. The minimum atomic E-state index is -1.00. The number of piperazine rings is 1. The molecule has 0 spiro atoms. The highest BCUT2D eigenvalue weighted by molar-refractivity contribution is 6.15. The van der Waals surface area contributed by atoms with E-state index >= 15 is 0 Å². The lowest BCUT2D eigenvalue weighted by atomic mass is 9.95. The number of benzene rings is 6. The molecular weight excluding hydrogens is 815 g/mol. The summed E-state index contributed by atoms with van der Waals surface area (Å²) in [5.41, 5.74) is 12.6. The van der Waals surface area contributed by atoms with E-state index in [9.17, 15) is 14.7 Å². The van der Waals surface area contributed by atoms with Crippen LogP contribution in [0, 0.1) is 0 Å². The van der Waals surface area contributed by atoms with E-state index in [2.05, 4.69) is 99.5 Å². The summed E-state index contributed by atoms with van der Waals surface area (Å²) in [6, 6.07) is 39.7. The van der Waals surface area contributed by atoms with Crippen molar-refractivity contribution >= 4 is 72.9 Å². The lowest BCUT2D eigenvalue weighted by molar-refractivity contribution is 0.0698. The van der Waals surface area contributed by atoms with E-state index < -0.39 is 5.97 Å². The number of H-pyrrole nitrogens is 1. The number of likely N-dealkylation sites (N-methyl/N-ethyl adjacent to an activating group) is 1. The topological polar surface area (TPSA) is 192 Å². The number of aromatic amines is 1. The molecule has 0 bridgehead atoms. The zero-order valence-electron chi connectivity index (χ0n) is 35.3. The molecule has 0 unspecified atom stereocenters. The maximum absolute atomic E-state index is 13.3. The van der Waals surface area contributed by atoms with E-state index in [0.717, 1.165) is 75.8 Å². The molecule has 320 valence electrons. The molecule has 5 N–H and O–H groups in total. The number of aromatic nitrogens is 7. The van der Waals surface area contributed by atoms with Crippen LogP contribution in [-0.4, -0.2) is 90.0 Å². The summed E-state index contributed by atoms with van der Waals surface area (Å²) in [7, 11) is 2.13. The van der Waals surface area contributed by atoms with Crippen LogP contribution in [0.25, 0.3) is 65.9 Å². The Morgan fingerprint density at radius 3 is 1.62 bits per heavy atom. The molecule has 0 radical (unpaired) electrons. The number of hydrogen-bond donors (Lipinski definition) is 4. The zero-order chi connectivity index (χ0) is 44.7. The number of nitrogens with one attached hydrogen (secondary N) is 2. The van der Waals surface area contributed by atoms with Crippen molar-refractivity contribution in [3.8, 4) is 22.3 Å². The molecule has 4 aromatic heterocycles. The van der Waals surface area contributed by atoms with Crippen molar-refractivity contribution in [2.75, 3.05) is 49.2 Å². The third-order valence-corrected chi connectivity index (χ3v) is 11.2. The Morgan fingerprint density at radius 1 is 0.569 bits per heavy atom. The van der Waals surface area contributed by atoms with Gasteiger partial charge in [0.25, 0.3) is 5.91 Å². The standard InChI is InChI=1S/C29H26N6O.C19H12N2O2.C3H5N3/c1-34-15-17-35(18-16-34)26-12-9-21(19-32-26)33-29(36)25-11-10-24(27-28(25)31-14-13-30-27)23-8-4-6-20-5-2-3-7-22(20)23;22-19(23)16-9-8-15(17-18(16)21-11-10-20-17)14-7-3-5-12-4-1-2-6-13(12)14;4-3-5-1-2-6-3/h2-14,19H,15-18H2,1H3,(H,33,36);1-11H,(H,22,23);1-2H,(H3,4,5,6). The minimum Gasteiger partial charge on any atom is -0.478 e. The number of fused-ring (bicyclic) bond motifs is 4. The molecule has 5 heterocycles. The van der Waals surface area contributed by atoms with E-state index in [1.54, 1.807) is 43.2 Å². The highest BCUT2D eigenvalue weighted by atomic mass is 16.4. The largest absolute Gasteiger partial charge is 0.478 e. The van der Waals surface area contributed by atoms with Crippen LogP contribution in [0.5, 0.6) is 0 Å². The molecule has 1 aliphatic rings. The van der Waals surface area contributed by atoms with Gasteiger partial charge in [-0.2, -0.15) is 0 Å². The van der Waals surface area contributed by atoms with Crippen LogP contribution in [0.3, 0.4) is 0 Å². The Kier molecular flexibility index (Phi) is 12.1. The number of anilines is 3. The first-order valence-corrected chi connectivity index (χ1v) is 20.9. The number of carboxylic acids is 1. The van der Waals surface area contributed by atoms with E-state index in [1.807, 2.05) is 72.8 Å². The molecule has 0 saturated carbocycles. The predicted octanol–water partition coefficient (Wildman–Crippen LogP) is 8.99. The van der Waals surface area contributed by atoms with Crippen LogP contribution >= 0.6 is 0 Å². The first-order valence-electron chi connectivity index (χ1n) is 20.9. The summed E-state index contributed by atoms with van der Waals surface area (Å²) in [4.78, 5) is 57.9. The van der Waals surface area contributed by atoms with Crippen molar-refractivity contribution in [2.24, 2.45) is 0 Å². The summed E-state index contributed by atoms with van der Waals surface area (Å²) in [5.74, 6) is 0.158. The Hall–Kier alpha value is -8.62. The van der Waals surface area contributed by atoms with E-state index in [1.165, 1.54) is 6.20 Å². The predicted molar refractivity (Wildman–Crippen MR) is 257 cm³/mol. The van der Waals surface area contributed by atoms with Gasteiger partial charge in [0, 0.05) is 74.5 Å². The third kappa shape index (κ3) is 9.00. The van der Waals surface area contributed by atoms with Crippen LogP contribution in [-0.2, 0) is 0 Å². The Labute approximate surface area is 373 Å². The second-order valence-corrected chi connectivity index (χ2v) is 15.3. The van der Waals surface area contributed by atoms with E-state index in [-0.39, 0.29) is 11.5 Å². The van der Waals surface area contributed by atoms with Crippen LogP contribution in [0.4, 0.5) is 17.5 Å². The van der Waals surface area contributed by atoms with Crippen molar-refractivity contribution in [1.82, 2.24) is 39.8 Å². The van der Waals surface area contributed by atoms with Crippen LogP contribution in [0.2, 0.25) is 0 Å². The van der Waals surface area contributed by atoms with Crippen molar-refractivity contribution in [1.29, 1.82) is 0 Å². The quantitative estimate of drug-likeness (QED) is 0.124. The highest BCUT2D eigenvalue weighted by Gasteiger charge is 2.19. The molecule has 0 atom stereocenters. The smallest absolute Gasteiger partial charge is 0.337 e. The monoisotopic (exact) mass is 857 g/mol. The van der Waals surface area contributed by atoms with Gasteiger partial charge in [0.05, 0.1) is 34.0 Å². The number of carboxylic acid groups (broad SMARTS) is 1. The molecule has 11 rings (SSSR count). The number of amides is 1. The van der Waals surface area contributed by atoms with Gasteiger partial charge < -0.3 is 30.9 Å². The number of pyridine rings is 1. The molecule has 1 fully saturated rings. The van der Waals surface area contributed by atoms with Gasteiger partial charge in [-0.05, 0) is 64.0 Å². The fourth-order valence-electron chi connectivity index (χ4n) is 7.98. The van der Waals surface area contributed by atoms with Crippen molar-refractivity contribution < 1.29 is 14.7 Å². The molecule has 0 aliphatic carbocycles. The SMILES string of the molecule is CN1CCN(c2ccc(NC(=O)c3ccc(-c4cccc5ccccc45)c4nccnc34)cn2)CC1.Nc1ncc[nH]1.O=C(O)c1ccc(-c2cccc3ccccc23)c2nccnc12. The molecule has 10 aromatic rings. The van der Waals surface area contributed by atoms with Gasteiger partial charge in [-0.3, -0.25) is 24.7 Å². The number of carbonyl (C=O) groups is 2. The molecule has 14 heteroatoms. The van der Waals surface area contributed by atoms with Crippen molar-refractivity contribution in [2.45, 2.75) is 0 Å². The maximum atomic E-state index is 13.3. The molecule has 1 saturated heterocycles. The minimum absolute atomic E-state index is 0.164. The Bertz CT molecular complexity index is 3290. The average molecular weight is 858 g/mol. The van der Waals surface area contributed by atoms with Crippen molar-refractivity contribution in [3.05, 3.63) is 176 Å². The van der Waals surface area contributed by atoms with Gasteiger partial charge in [0.15, 0.2) is 5.95 Å². The summed E-state index contributed by atoms with van der Waals surface area (Å²) in [6.07, 6.45) is 11.4. The Morgan fingerprint density at radius 2 is 1.11 bits per heavy atom. The van der Waals surface area contributed by atoms with Gasteiger partial charge >= 0.3 is 5.97 Å². The summed E-state index contributed by atoms with van der Waals surface area (Å²) >= 11 is 0. The average Bonchev–Trinajstić information content (AvgIpc) is 3.84. The third-order valence-electron chi connectivity index (χ3n) is 11.2. The first-order chi connectivity index (χ1) is 31.8. The van der Waals surface area contributed by atoms with Gasteiger partial charge in [-0.1, -0.05) is 97.1 Å². The summed E-state index contributed by atoms with van der Waals surface area (Å²) < 4.78 is 0. The number of nitrogens with two attached hydrogens (primary N) is 1. The van der Waals surface area contributed by atoms with Crippen LogP contribution in [0.1, 0.15) is 20.7 Å². The second-order valence-electron chi connectivity index (χ2n) is 15.3. The van der Waals surface area contributed by atoms with E-state index in [0.29, 0.717) is 39.3 Å². The molecule has 14 nitrogen and oxygen atoms in total. The zero-order valence-corrected chi connectivity index (χ0v) is 35.3. The Balaban J connectivity index is 0.000000156. The molecular formula is C51H43N11O3. The normalized spacial score (nSPS) is 12.6. The van der Waals surface area contributed by atoms with Gasteiger partial charge in [-0.25, -0.2) is 14.8 Å². The van der Waals surface area contributed by atoms with Gasteiger partial charge in [0.1, 0.15) is 16.9 Å². The fraction of sp³-hybridized carbons (Fsp3) is 0.0980. The number of rotatable bonds is 6. The summed E-state index contributed by atoms with van der Waals surface area (Å²) in [5, 5.41) is 16.8.